The van der Waals surface area contributed by atoms with Crippen LogP contribution in [0.4, 0.5) is 11.4 Å². The maximum absolute atomic E-state index is 12.4. The van der Waals surface area contributed by atoms with Crippen molar-refractivity contribution in [1.82, 2.24) is 0 Å². The molecule has 0 saturated heterocycles. The Balaban J connectivity index is 2.23. The van der Waals surface area contributed by atoms with Gasteiger partial charge in [0.25, 0.3) is 0 Å². The van der Waals surface area contributed by atoms with Crippen LogP contribution in [0.15, 0.2) is 42.5 Å². The molecule has 0 aliphatic rings. The number of aryl methyl sites for hydroxylation is 2. The number of sulfonamides is 1. The molecule has 0 atom stereocenters. The Hall–Kier alpha value is -2.54. The molecule has 0 aliphatic carbocycles. The van der Waals surface area contributed by atoms with E-state index < -0.39 is 15.9 Å². The fourth-order valence-corrected chi connectivity index (χ4v) is 3.39. The highest BCUT2D eigenvalue weighted by atomic mass is 32.2. The lowest BCUT2D eigenvalue weighted by Crippen LogP contribution is -2.37. The molecule has 1 amide bonds. The molecule has 0 unspecified atom stereocenters. The van der Waals surface area contributed by atoms with Gasteiger partial charge in [0.1, 0.15) is 12.3 Å². The number of ether oxygens (including phenoxy) is 1. The van der Waals surface area contributed by atoms with Gasteiger partial charge in [0.05, 0.1) is 19.1 Å². The lowest BCUT2D eigenvalue weighted by atomic mass is 10.1. The normalized spacial score (nSPS) is 11.0. The summed E-state index contributed by atoms with van der Waals surface area (Å²) in [5.74, 6) is 0.0964. The van der Waals surface area contributed by atoms with Crippen molar-refractivity contribution in [1.29, 1.82) is 0 Å². The van der Waals surface area contributed by atoms with E-state index in [1.54, 1.807) is 24.3 Å². The summed E-state index contributed by atoms with van der Waals surface area (Å²) >= 11 is 0. The van der Waals surface area contributed by atoms with Crippen molar-refractivity contribution in [3.8, 4) is 5.75 Å². The molecule has 2 aromatic carbocycles. The van der Waals surface area contributed by atoms with E-state index in [9.17, 15) is 13.2 Å². The second kappa shape index (κ2) is 7.57. The van der Waals surface area contributed by atoms with Crippen LogP contribution in [0, 0.1) is 13.8 Å². The first-order valence-corrected chi connectivity index (χ1v) is 9.54. The van der Waals surface area contributed by atoms with Crippen molar-refractivity contribution in [2.75, 3.05) is 29.5 Å². The number of benzene rings is 2. The molecule has 7 heteroatoms. The van der Waals surface area contributed by atoms with Crippen LogP contribution in [0.5, 0.6) is 5.75 Å². The largest absolute Gasteiger partial charge is 0.497 e. The summed E-state index contributed by atoms with van der Waals surface area (Å²) < 4.78 is 30.4. The third kappa shape index (κ3) is 5.22. The molecule has 1 N–H and O–H groups in total. The van der Waals surface area contributed by atoms with E-state index >= 15 is 0 Å². The van der Waals surface area contributed by atoms with Gasteiger partial charge in [-0.2, -0.15) is 0 Å². The summed E-state index contributed by atoms with van der Waals surface area (Å²) in [7, 11) is -2.13. The SMILES string of the molecule is COc1cccc(N(CC(=O)Nc2cc(C)cc(C)c2)S(C)(=O)=O)c1. The number of hydrogen-bond donors (Lipinski definition) is 1. The number of anilines is 2. The summed E-state index contributed by atoms with van der Waals surface area (Å²) in [6, 6.07) is 12.2. The zero-order valence-corrected chi connectivity index (χ0v) is 15.6. The van der Waals surface area contributed by atoms with Gasteiger partial charge < -0.3 is 10.1 Å². The van der Waals surface area contributed by atoms with Crippen LogP contribution in [0.1, 0.15) is 11.1 Å². The predicted octanol–water partition coefficient (Wildman–Crippen LogP) is 2.72. The Morgan fingerprint density at radius 2 is 1.76 bits per heavy atom. The van der Waals surface area contributed by atoms with E-state index in [-0.39, 0.29) is 6.54 Å². The lowest BCUT2D eigenvalue weighted by molar-refractivity contribution is -0.114. The molecular weight excluding hydrogens is 340 g/mol. The number of rotatable bonds is 6. The van der Waals surface area contributed by atoms with Crippen LogP contribution in [-0.4, -0.2) is 34.2 Å². The number of nitrogens with one attached hydrogen (secondary N) is 1. The molecule has 0 heterocycles. The minimum Gasteiger partial charge on any atom is -0.497 e. The fourth-order valence-electron chi connectivity index (χ4n) is 2.54. The lowest BCUT2D eigenvalue weighted by Gasteiger charge is -2.22. The highest BCUT2D eigenvalue weighted by Crippen LogP contribution is 2.23. The van der Waals surface area contributed by atoms with Crippen LogP contribution in [-0.2, 0) is 14.8 Å². The summed E-state index contributed by atoms with van der Waals surface area (Å²) in [5.41, 5.74) is 3.05. The molecule has 0 bridgehead atoms. The highest BCUT2D eigenvalue weighted by molar-refractivity contribution is 7.92. The van der Waals surface area contributed by atoms with Gasteiger partial charge in [0, 0.05) is 11.8 Å². The Morgan fingerprint density at radius 3 is 2.32 bits per heavy atom. The molecule has 0 radical (unpaired) electrons. The van der Waals surface area contributed by atoms with Crippen LogP contribution >= 0.6 is 0 Å². The first-order chi connectivity index (χ1) is 11.7. The monoisotopic (exact) mass is 362 g/mol. The minimum atomic E-state index is -3.63. The van der Waals surface area contributed by atoms with Gasteiger partial charge in [-0.3, -0.25) is 9.10 Å². The molecule has 6 nitrogen and oxygen atoms in total. The zero-order chi connectivity index (χ0) is 18.6. The van der Waals surface area contributed by atoms with Gasteiger partial charge in [0.15, 0.2) is 0 Å². The van der Waals surface area contributed by atoms with Crippen LogP contribution in [0.25, 0.3) is 0 Å². The third-order valence-electron chi connectivity index (χ3n) is 3.53. The zero-order valence-electron chi connectivity index (χ0n) is 14.7. The smallest absolute Gasteiger partial charge is 0.245 e. The van der Waals surface area contributed by atoms with Crippen molar-refractivity contribution in [2.45, 2.75) is 13.8 Å². The maximum Gasteiger partial charge on any atom is 0.245 e. The standard InChI is InChI=1S/C18H22N2O4S/c1-13-8-14(2)10-15(9-13)19-18(21)12-20(25(4,22)23)16-6-5-7-17(11-16)24-3/h5-11H,12H2,1-4H3,(H,19,21). The van der Waals surface area contributed by atoms with Gasteiger partial charge in [-0.25, -0.2) is 8.42 Å². The van der Waals surface area contributed by atoms with E-state index in [0.717, 1.165) is 21.7 Å². The molecule has 25 heavy (non-hydrogen) atoms. The van der Waals surface area contributed by atoms with Gasteiger partial charge in [-0.1, -0.05) is 12.1 Å². The highest BCUT2D eigenvalue weighted by Gasteiger charge is 2.21. The molecule has 0 aliphatic heterocycles. The summed E-state index contributed by atoms with van der Waals surface area (Å²) in [6.07, 6.45) is 1.07. The van der Waals surface area contributed by atoms with E-state index in [1.165, 1.54) is 7.11 Å². The second-order valence-corrected chi connectivity index (χ2v) is 7.80. The van der Waals surface area contributed by atoms with Gasteiger partial charge in [-0.05, 0) is 49.2 Å². The molecular formula is C18H22N2O4S. The summed E-state index contributed by atoms with van der Waals surface area (Å²) in [4.78, 5) is 12.4. The summed E-state index contributed by atoms with van der Waals surface area (Å²) in [5, 5.41) is 2.75. The van der Waals surface area contributed by atoms with Gasteiger partial charge in [0.2, 0.25) is 15.9 Å². The van der Waals surface area contributed by atoms with Crippen LogP contribution < -0.4 is 14.4 Å². The Bertz CT molecular complexity index is 858. The first-order valence-electron chi connectivity index (χ1n) is 7.69. The average Bonchev–Trinajstić information content (AvgIpc) is 2.50. The van der Waals surface area contributed by atoms with Gasteiger partial charge in [-0.15, -0.1) is 0 Å². The first kappa shape index (κ1) is 18.8. The van der Waals surface area contributed by atoms with E-state index in [2.05, 4.69) is 5.32 Å². The number of carbonyl (C=O) groups excluding carboxylic acids is 1. The molecule has 2 aromatic rings. The number of hydrogen-bond acceptors (Lipinski definition) is 4. The van der Waals surface area contributed by atoms with E-state index in [4.69, 9.17) is 4.74 Å². The van der Waals surface area contributed by atoms with E-state index in [1.807, 2.05) is 32.0 Å². The molecule has 0 saturated carbocycles. The fraction of sp³-hybridized carbons (Fsp3) is 0.278. The van der Waals surface area contributed by atoms with Crippen LogP contribution in [0.3, 0.4) is 0 Å². The molecule has 0 spiro atoms. The third-order valence-corrected chi connectivity index (χ3v) is 4.67. The Morgan fingerprint density at radius 1 is 1.12 bits per heavy atom. The Kier molecular flexibility index (Phi) is 5.69. The van der Waals surface area contributed by atoms with Crippen molar-refractivity contribution in [2.24, 2.45) is 0 Å². The molecule has 134 valence electrons. The van der Waals surface area contributed by atoms with Crippen LogP contribution in [0.2, 0.25) is 0 Å². The average molecular weight is 362 g/mol. The Labute approximate surface area is 148 Å². The summed E-state index contributed by atoms with van der Waals surface area (Å²) in [6.45, 7) is 3.54. The van der Waals surface area contributed by atoms with Crippen molar-refractivity contribution in [3.05, 3.63) is 53.6 Å². The van der Waals surface area contributed by atoms with Crippen molar-refractivity contribution < 1.29 is 17.9 Å². The molecule has 0 aromatic heterocycles. The topological polar surface area (TPSA) is 75.7 Å². The molecule has 2 rings (SSSR count). The second-order valence-electron chi connectivity index (χ2n) is 5.90. The van der Waals surface area contributed by atoms with E-state index in [0.29, 0.717) is 17.1 Å². The number of carbonyl (C=O) groups is 1. The van der Waals surface area contributed by atoms with Crippen molar-refractivity contribution in [3.63, 3.8) is 0 Å². The predicted molar refractivity (Wildman–Crippen MR) is 99.7 cm³/mol. The number of amides is 1. The number of methoxy groups -OCH3 is 1. The van der Waals surface area contributed by atoms with Gasteiger partial charge >= 0.3 is 0 Å². The van der Waals surface area contributed by atoms with Crippen molar-refractivity contribution >= 4 is 27.3 Å². The number of nitrogens with zero attached hydrogens (tertiary/aromatic N) is 1. The minimum absolute atomic E-state index is 0.320. The quantitative estimate of drug-likeness (QED) is 0.857. The maximum atomic E-state index is 12.4. The molecule has 0 fully saturated rings.